The third kappa shape index (κ3) is 4.59. The fraction of sp³-hybridized carbons (Fsp3) is 0.143. The third-order valence-electron chi connectivity index (χ3n) is 4.55. The lowest BCUT2D eigenvalue weighted by molar-refractivity contribution is -0.113. The van der Waals surface area contributed by atoms with E-state index in [2.05, 4.69) is 15.3 Å². The summed E-state index contributed by atoms with van der Waals surface area (Å²) in [6, 6.07) is 11.4. The van der Waals surface area contributed by atoms with Crippen LogP contribution in [-0.4, -0.2) is 33.3 Å². The van der Waals surface area contributed by atoms with Gasteiger partial charge in [0, 0.05) is 11.8 Å². The predicted molar refractivity (Wildman–Crippen MR) is 127 cm³/mol. The zero-order chi connectivity index (χ0) is 22.8. The van der Waals surface area contributed by atoms with Crippen LogP contribution in [-0.2, 0) is 4.79 Å². The lowest BCUT2D eigenvalue weighted by Crippen LogP contribution is -2.16. The lowest BCUT2D eigenvalue weighted by Gasteiger charge is -2.09. The third-order valence-corrected chi connectivity index (χ3v) is 6.78. The number of thioether (sulfide) groups is 1. The van der Waals surface area contributed by atoms with E-state index < -0.39 is 5.82 Å². The quantitative estimate of drug-likeness (QED) is 0.233. The molecule has 2 aromatic heterocycles. The number of aromatic nitrogens is 3. The highest BCUT2D eigenvalue weighted by Crippen LogP contribution is 2.26. The number of carbonyl (C=O) groups excluding carboxylic acids is 1. The first-order chi connectivity index (χ1) is 15.4. The van der Waals surface area contributed by atoms with E-state index >= 15 is 0 Å². The Morgan fingerprint density at radius 1 is 1.34 bits per heavy atom. The number of carbonyl (C=O) groups is 1. The summed E-state index contributed by atoms with van der Waals surface area (Å²) in [7, 11) is 1.57. The number of thiazole rings is 1. The topological polar surface area (TPSA) is 89.0 Å². The molecule has 0 saturated heterocycles. The molecule has 0 saturated carbocycles. The lowest BCUT2D eigenvalue weighted by atomic mass is 10.2. The Balaban J connectivity index is 1.61. The SMILES string of the molecule is COc1cccc(-n2c(=S)sc3c(=O)[nH]c(SCC(=O)Nc4cc(F)ccc4C)nc32)c1. The predicted octanol–water partition coefficient (Wildman–Crippen LogP) is 4.69. The number of H-pyrrole nitrogens is 1. The van der Waals surface area contributed by atoms with Crippen molar-refractivity contribution in [2.45, 2.75) is 12.1 Å². The number of ether oxygens (including phenoxy) is 1. The van der Waals surface area contributed by atoms with Crippen LogP contribution in [0.2, 0.25) is 0 Å². The van der Waals surface area contributed by atoms with Crippen LogP contribution in [0.25, 0.3) is 16.0 Å². The molecule has 0 fully saturated rings. The van der Waals surface area contributed by atoms with E-state index in [4.69, 9.17) is 17.0 Å². The summed E-state index contributed by atoms with van der Waals surface area (Å²) in [6.07, 6.45) is 0. The number of methoxy groups -OCH3 is 1. The van der Waals surface area contributed by atoms with Gasteiger partial charge in [-0.25, -0.2) is 9.37 Å². The van der Waals surface area contributed by atoms with Crippen LogP contribution < -0.4 is 15.6 Å². The summed E-state index contributed by atoms with van der Waals surface area (Å²) in [5, 5.41) is 2.95. The minimum Gasteiger partial charge on any atom is -0.497 e. The molecule has 1 amide bonds. The first-order valence-corrected chi connectivity index (χ1v) is 11.6. The Hall–Kier alpha value is -3.02. The molecule has 7 nitrogen and oxygen atoms in total. The highest BCUT2D eigenvalue weighted by molar-refractivity contribution is 7.99. The Bertz CT molecular complexity index is 1440. The molecule has 32 heavy (non-hydrogen) atoms. The molecule has 2 heterocycles. The Labute approximate surface area is 195 Å². The molecule has 2 aromatic carbocycles. The van der Waals surface area contributed by atoms with Gasteiger partial charge in [0.2, 0.25) is 5.91 Å². The second kappa shape index (κ2) is 9.23. The van der Waals surface area contributed by atoms with Crippen molar-refractivity contribution in [1.82, 2.24) is 14.5 Å². The number of nitrogens with one attached hydrogen (secondary N) is 2. The van der Waals surface area contributed by atoms with Crippen molar-refractivity contribution in [3.8, 4) is 11.4 Å². The zero-order valence-electron chi connectivity index (χ0n) is 17.0. The molecule has 0 aliphatic rings. The number of benzene rings is 2. The number of nitrogens with zero attached hydrogens (tertiary/aromatic N) is 2. The van der Waals surface area contributed by atoms with Gasteiger partial charge in [0.15, 0.2) is 14.8 Å². The van der Waals surface area contributed by atoms with Crippen LogP contribution in [0.5, 0.6) is 5.75 Å². The summed E-state index contributed by atoms with van der Waals surface area (Å²) in [5.41, 5.74) is 1.93. The van der Waals surface area contributed by atoms with Crippen LogP contribution in [0.3, 0.4) is 0 Å². The van der Waals surface area contributed by atoms with Crippen molar-refractivity contribution in [2.24, 2.45) is 0 Å². The van der Waals surface area contributed by atoms with Crippen LogP contribution in [0.4, 0.5) is 10.1 Å². The maximum atomic E-state index is 13.4. The summed E-state index contributed by atoms with van der Waals surface area (Å²) in [4.78, 5) is 32.2. The maximum Gasteiger partial charge on any atom is 0.271 e. The van der Waals surface area contributed by atoms with Gasteiger partial charge in [-0.05, 0) is 49.0 Å². The summed E-state index contributed by atoms with van der Waals surface area (Å²) >= 11 is 7.69. The van der Waals surface area contributed by atoms with Gasteiger partial charge in [-0.2, -0.15) is 0 Å². The highest BCUT2D eigenvalue weighted by atomic mass is 32.2. The standard InChI is InChI=1S/C21H17FN4O3S3/c1-11-6-7-12(22)8-15(11)23-16(27)10-31-20-24-18-17(19(28)25-20)32-21(30)26(18)13-4-3-5-14(9-13)29-2/h3-9H,10H2,1-2H3,(H,23,27)(H,24,25,28). The Kier molecular flexibility index (Phi) is 6.40. The molecule has 0 spiro atoms. The number of hydrogen-bond acceptors (Lipinski definition) is 7. The second-order valence-corrected chi connectivity index (χ2v) is 9.33. The molecule has 0 unspecified atom stereocenters. The molecule has 164 valence electrons. The minimum absolute atomic E-state index is 0.0194. The summed E-state index contributed by atoms with van der Waals surface area (Å²) in [6.45, 7) is 1.77. The number of aryl methyl sites for hydroxylation is 1. The van der Waals surface area contributed by atoms with Crippen molar-refractivity contribution >= 4 is 57.3 Å². The van der Waals surface area contributed by atoms with E-state index in [1.54, 1.807) is 30.7 Å². The summed E-state index contributed by atoms with van der Waals surface area (Å²) < 4.78 is 21.3. The summed E-state index contributed by atoms with van der Waals surface area (Å²) in [5.74, 6) is -0.155. The van der Waals surface area contributed by atoms with E-state index in [0.29, 0.717) is 31.4 Å². The van der Waals surface area contributed by atoms with Gasteiger partial charge in [0.25, 0.3) is 5.56 Å². The smallest absolute Gasteiger partial charge is 0.271 e. The molecule has 2 N–H and O–H groups in total. The van der Waals surface area contributed by atoms with Gasteiger partial charge in [-0.15, -0.1) is 0 Å². The highest BCUT2D eigenvalue weighted by Gasteiger charge is 2.15. The molecule has 0 bridgehead atoms. The molecular weight excluding hydrogens is 471 g/mol. The van der Waals surface area contributed by atoms with Crippen molar-refractivity contribution < 1.29 is 13.9 Å². The molecule has 4 aromatic rings. The normalized spacial score (nSPS) is 11.0. The van der Waals surface area contributed by atoms with E-state index in [1.807, 2.05) is 18.2 Å². The van der Waals surface area contributed by atoms with Crippen molar-refractivity contribution in [3.05, 3.63) is 68.2 Å². The number of rotatable bonds is 6. The Morgan fingerprint density at radius 2 is 2.16 bits per heavy atom. The van der Waals surface area contributed by atoms with E-state index in [9.17, 15) is 14.0 Å². The average Bonchev–Trinajstić information content (AvgIpc) is 3.11. The van der Waals surface area contributed by atoms with Crippen LogP contribution in [0.1, 0.15) is 5.56 Å². The number of anilines is 1. The number of halogens is 1. The average molecular weight is 489 g/mol. The fourth-order valence-corrected chi connectivity index (χ4v) is 4.92. The molecule has 0 atom stereocenters. The fourth-order valence-electron chi connectivity index (χ4n) is 2.99. The molecule has 0 radical (unpaired) electrons. The van der Waals surface area contributed by atoms with Gasteiger partial charge >= 0.3 is 0 Å². The molecule has 11 heteroatoms. The van der Waals surface area contributed by atoms with Crippen molar-refractivity contribution in [3.63, 3.8) is 0 Å². The first-order valence-electron chi connectivity index (χ1n) is 9.35. The largest absolute Gasteiger partial charge is 0.497 e. The van der Waals surface area contributed by atoms with Gasteiger partial charge in [-0.3, -0.25) is 14.2 Å². The minimum atomic E-state index is -0.436. The Morgan fingerprint density at radius 3 is 2.94 bits per heavy atom. The van der Waals surface area contributed by atoms with Gasteiger partial charge in [0.1, 0.15) is 16.3 Å². The molecular formula is C21H17FN4O3S3. The van der Waals surface area contributed by atoms with Crippen LogP contribution >= 0.6 is 35.3 Å². The molecule has 0 aliphatic heterocycles. The van der Waals surface area contributed by atoms with Gasteiger partial charge in [0.05, 0.1) is 18.6 Å². The number of amides is 1. The van der Waals surface area contributed by atoms with Crippen LogP contribution in [0.15, 0.2) is 52.4 Å². The van der Waals surface area contributed by atoms with Crippen molar-refractivity contribution in [1.29, 1.82) is 0 Å². The van der Waals surface area contributed by atoms with Gasteiger partial charge < -0.3 is 15.0 Å². The monoisotopic (exact) mass is 488 g/mol. The molecule has 4 rings (SSSR count). The second-order valence-electron chi connectivity index (χ2n) is 6.72. The zero-order valence-corrected chi connectivity index (χ0v) is 19.4. The molecule has 0 aliphatic carbocycles. The van der Waals surface area contributed by atoms with E-state index in [1.165, 1.54) is 12.1 Å². The number of hydrogen-bond donors (Lipinski definition) is 2. The number of fused-ring (bicyclic) bond motifs is 1. The maximum absolute atomic E-state index is 13.4. The first kappa shape index (κ1) is 22.2. The van der Waals surface area contributed by atoms with E-state index in [-0.39, 0.29) is 22.4 Å². The van der Waals surface area contributed by atoms with Crippen LogP contribution in [0, 0.1) is 16.7 Å². The number of aromatic amines is 1. The van der Waals surface area contributed by atoms with Crippen molar-refractivity contribution in [2.75, 3.05) is 18.2 Å². The van der Waals surface area contributed by atoms with Gasteiger partial charge in [-0.1, -0.05) is 35.2 Å². The van der Waals surface area contributed by atoms with E-state index in [0.717, 1.165) is 28.7 Å².